The van der Waals surface area contributed by atoms with E-state index >= 15 is 0 Å². The molecule has 3 atom stereocenters. The molecule has 0 aliphatic heterocycles. The number of rotatable bonds is 4. The zero-order valence-corrected chi connectivity index (χ0v) is 20.9. The molecule has 36 heavy (non-hydrogen) atoms. The van der Waals surface area contributed by atoms with Gasteiger partial charge in [-0.1, -0.05) is 63.2 Å². The Hall–Kier alpha value is -3.67. The van der Waals surface area contributed by atoms with Gasteiger partial charge in [0, 0.05) is 27.7 Å². The first-order valence-electron chi connectivity index (χ1n) is 12.5. The predicted molar refractivity (Wildman–Crippen MR) is 137 cm³/mol. The minimum atomic E-state index is -0.503. The van der Waals surface area contributed by atoms with Crippen molar-refractivity contribution < 1.29 is 14.3 Å². The molecule has 0 saturated heterocycles. The van der Waals surface area contributed by atoms with Crippen molar-refractivity contribution in [3.05, 3.63) is 75.8 Å². The lowest BCUT2D eigenvalue weighted by Gasteiger charge is -2.38. The van der Waals surface area contributed by atoms with E-state index in [2.05, 4.69) is 25.9 Å². The second-order valence-corrected chi connectivity index (χ2v) is 11.2. The molecule has 3 aliphatic rings. The van der Waals surface area contributed by atoms with Gasteiger partial charge in [-0.25, -0.2) is 4.79 Å². The number of carbonyl (C=O) groups excluding carboxylic acids is 2. The van der Waals surface area contributed by atoms with Crippen molar-refractivity contribution >= 4 is 17.4 Å². The van der Waals surface area contributed by atoms with Crippen molar-refractivity contribution in [2.45, 2.75) is 53.1 Å². The number of carbonyl (C=O) groups is 2. The third-order valence-electron chi connectivity index (χ3n) is 9.47. The van der Waals surface area contributed by atoms with Gasteiger partial charge in [-0.2, -0.15) is 0 Å². The smallest absolute Gasteiger partial charge is 0.340 e. The quantitative estimate of drug-likeness (QED) is 0.231. The van der Waals surface area contributed by atoms with E-state index in [-0.39, 0.29) is 34.0 Å². The average Bonchev–Trinajstić information content (AvgIpc) is 3.35. The van der Waals surface area contributed by atoms with Crippen LogP contribution < -0.4 is 0 Å². The largest absolute Gasteiger partial charge is 0.458 e. The number of nitroso groups, excluding NO2 is 1. The van der Waals surface area contributed by atoms with E-state index in [0.29, 0.717) is 39.6 Å². The number of fused-ring (bicyclic) bond motifs is 5. The molecule has 182 valence electrons. The van der Waals surface area contributed by atoms with Crippen LogP contribution in [-0.2, 0) is 4.74 Å². The molecule has 1 heterocycles. The molecule has 6 rings (SSSR count). The van der Waals surface area contributed by atoms with E-state index in [1.807, 2.05) is 18.2 Å². The van der Waals surface area contributed by atoms with E-state index in [1.165, 1.54) is 0 Å². The molecule has 3 aromatic rings. The number of ether oxygens (including phenoxy) is 1. The summed E-state index contributed by atoms with van der Waals surface area (Å²) >= 11 is 0. The van der Waals surface area contributed by atoms with Gasteiger partial charge in [0.2, 0.25) is 0 Å². The molecule has 0 amide bonds. The Labute approximate surface area is 210 Å². The highest BCUT2D eigenvalue weighted by Crippen LogP contribution is 2.66. The summed E-state index contributed by atoms with van der Waals surface area (Å²) < 4.78 is 6.26. The van der Waals surface area contributed by atoms with Crippen molar-refractivity contribution in [1.29, 1.82) is 0 Å². The molecule has 2 fully saturated rings. The van der Waals surface area contributed by atoms with Gasteiger partial charge in [0.25, 0.3) is 0 Å². The molecule has 2 aromatic carbocycles. The Morgan fingerprint density at radius 2 is 1.67 bits per heavy atom. The van der Waals surface area contributed by atoms with E-state index in [9.17, 15) is 14.5 Å². The van der Waals surface area contributed by atoms with Crippen LogP contribution in [0, 0.1) is 28.6 Å². The fourth-order valence-electron chi connectivity index (χ4n) is 6.92. The van der Waals surface area contributed by atoms with Crippen molar-refractivity contribution in [3.63, 3.8) is 0 Å². The second kappa shape index (κ2) is 7.66. The lowest BCUT2D eigenvalue weighted by molar-refractivity contribution is -0.0242. The zero-order chi connectivity index (χ0) is 25.4. The number of esters is 1. The molecular weight excluding hydrogens is 452 g/mol. The van der Waals surface area contributed by atoms with E-state index < -0.39 is 5.97 Å². The van der Waals surface area contributed by atoms with Gasteiger partial charge in [-0.05, 0) is 48.8 Å². The summed E-state index contributed by atoms with van der Waals surface area (Å²) in [5.74, 6) is -0.210. The number of hydrogen-bond donors (Lipinski definition) is 0. The minimum Gasteiger partial charge on any atom is -0.458 e. The highest BCUT2D eigenvalue weighted by molar-refractivity contribution is 6.26. The average molecular weight is 481 g/mol. The van der Waals surface area contributed by atoms with E-state index in [1.54, 1.807) is 37.3 Å². The molecule has 0 radical (unpaired) electrons. The molecule has 6 nitrogen and oxygen atoms in total. The van der Waals surface area contributed by atoms with Crippen LogP contribution in [0.15, 0.2) is 53.7 Å². The van der Waals surface area contributed by atoms with Crippen LogP contribution in [0.4, 0.5) is 5.69 Å². The number of aromatic nitrogens is 1. The molecule has 0 unspecified atom stereocenters. The summed E-state index contributed by atoms with van der Waals surface area (Å²) in [7, 11) is 0. The minimum absolute atomic E-state index is 0.0810. The molecule has 2 saturated carbocycles. The number of pyridine rings is 1. The first-order chi connectivity index (χ1) is 17.2. The summed E-state index contributed by atoms with van der Waals surface area (Å²) in [6.45, 7) is 8.52. The maximum Gasteiger partial charge on any atom is 0.340 e. The van der Waals surface area contributed by atoms with Gasteiger partial charge in [0.15, 0.2) is 5.78 Å². The maximum absolute atomic E-state index is 13.9. The Balaban J connectivity index is 1.54. The van der Waals surface area contributed by atoms with E-state index in [0.717, 1.165) is 24.8 Å². The van der Waals surface area contributed by atoms with Gasteiger partial charge in [0.05, 0.1) is 22.5 Å². The predicted octanol–water partition coefficient (Wildman–Crippen LogP) is 7.04. The van der Waals surface area contributed by atoms with Crippen LogP contribution in [0.25, 0.3) is 22.4 Å². The molecule has 3 aliphatic carbocycles. The molecule has 2 bridgehead atoms. The number of benzene rings is 2. The molecular formula is C30H28N2O4. The first-order valence-corrected chi connectivity index (χ1v) is 12.5. The summed E-state index contributed by atoms with van der Waals surface area (Å²) in [5, 5.41) is 3.21. The summed E-state index contributed by atoms with van der Waals surface area (Å²) in [6.07, 6.45) is 2.78. The Morgan fingerprint density at radius 3 is 2.31 bits per heavy atom. The van der Waals surface area contributed by atoms with Crippen molar-refractivity contribution in [1.82, 2.24) is 4.98 Å². The standard InChI is InChI=1S/C30H28N2O4/c1-16-23(28(34)36-22-15-17-13-14-30(22,4)29(17,2)3)24(20-11-7-8-12-21(20)32-35)25-26(31-16)18-9-5-6-10-19(18)27(25)33/h5-12,17,22H,13-15H2,1-4H3/t17-,22+,30-/m0/s1. The van der Waals surface area contributed by atoms with Crippen LogP contribution in [0.5, 0.6) is 0 Å². The van der Waals surface area contributed by atoms with Crippen LogP contribution >= 0.6 is 0 Å². The second-order valence-electron chi connectivity index (χ2n) is 11.2. The zero-order valence-electron chi connectivity index (χ0n) is 20.9. The van der Waals surface area contributed by atoms with Crippen molar-refractivity contribution in [2.24, 2.45) is 21.9 Å². The van der Waals surface area contributed by atoms with Gasteiger partial charge < -0.3 is 4.74 Å². The number of aryl methyl sites for hydroxylation is 1. The molecule has 0 spiro atoms. The first kappa shape index (κ1) is 22.8. The maximum atomic E-state index is 13.9. The van der Waals surface area contributed by atoms with Crippen molar-refractivity contribution in [2.75, 3.05) is 0 Å². The number of ketones is 1. The molecule has 6 heteroatoms. The Morgan fingerprint density at radius 1 is 1.00 bits per heavy atom. The van der Waals surface area contributed by atoms with Crippen LogP contribution in [0.2, 0.25) is 0 Å². The monoisotopic (exact) mass is 480 g/mol. The number of nitrogens with zero attached hydrogens (tertiary/aromatic N) is 2. The third kappa shape index (κ3) is 2.87. The highest BCUT2D eigenvalue weighted by Gasteiger charge is 2.63. The lowest BCUT2D eigenvalue weighted by atomic mass is 9.70. The summed E-state index contributed by atoms with van der Waals surface area (Å²) in [5.41, 5.74) is 3.74. The van der Waals surface area contributed by atoms with Crippen LogP contribution in [0.3, 0.4) is 0 Å². The summed E-state index contributed by atoms with van der Waals surface area (Å²) in [6, 6.07) is 14.1. The SMILES string of the molecule is Cc1nc2c(c(-c3ccccc3N=O)c1C(=O)O[C@@H]1C[C@@H]3CC[C@]1(C)C3(C)C)C(=O)c1ccccc1-2. The number of hydrogen-bond acceptors (Lipinski definition) is 6. The van der Waals surface area contributed by atoms with Gasteiger partial charge >= 0.3 is 5.97 Å². The Bertz CT molecular complexity index is 1470. The highest BCUT2D eigenvalue weighted by atomic mass is 16.5. The summed E-state index contributed by atoms with van der Waals surface area (Å²) in [4.78, 5) is 44.1. The van der Waals surface area contributed by atoms with Crippen molar-refractivity contribution in [3.8, 4) is 22.4 Å². The van der Waals surface area contributed by atoms with Gasteiger partial charge in [0.1, 0.15) is 11.8 Å². The Kier molecular flexibility index (Phi) is 4.85. The van der Waals surface area contributed by atoms with Gasteiger partial charge in [-0.15, -0.1) is 4.91 Å². The van der Waals surface area contributed by atoms with Crippen LogP contribution in [-0.4, -0.2) is 22.8 Å². The normalized spacial score (nSPS) is 24.9. The van der Waals surface area contributed by atoms with E-state index in [4.69, 9.17) is 9.72 Å². The molecule has 1 aromatic heterocycles. The lowest BCUT2D eigenvalue weighted by Crippen LogP contribution is -2.38. The molecule has 0 N–H and O–H groups in total. The van der Waals surface area contributed by atoms with Crippen LogP contribution in [0.1, 0.15) is 72.0 Å². The topological polar surface area (TPSA) is 85.7 Å². The third-order valence-corrected chi connectivity index (χ3v) is 9.47. The fourth-order valence-corrected chi connectivity index (χ4v) is 6.92. The van der Waals surface area contributed by atoms with Gasteiger partial charge in [-0.3, -0.25) is 9.78 Å². The fraction of sp³-hybridized carbons (Fsp3) is 0.367.